The van der Waals surface area contributed by atoms with E-state index < -0.39 is 0 Å². The number of rotatable bonds is 3. The van der Waals surface area contributed by atoms with E-state index in [2.05, 4.69) is 10.3 Å². The van der Waals surface area contributed by atoms with Gasteiger partial charge in [0.25, 0.3) is 5.91 Å². The third-order valence-electron chi connectivity index (χ3n) is 2.57. The number of aromatic nitrogens is 1. The molecule has 4 heteroatoms. The van der Waals surface area contributed by atoms with Gasteiger partial charge < -0.3 is 16.0 Å². The second-order valence-corrected chi connectivity index (χ2v) is 3.85. The van der Waals surface area contributed by atoms with Crippen LogP contribution in [-0.4, -0.2) is 23.5 Å². The molecule has 1 atom stereocenters. The summed E-state index contributed by atoms with van der Waals surface area (Å²) < 4.78 is 0. The van der Waals surface area contributed by atoms with Crippen molar-refractivity contribution < 1.29 is 4.79 Å². The van der Waals surface area contributed by atoms with E-state index in [4.69, 9.17) is 5.73 Å². The van der Waals surface area contributed by atoms with Crippen molar-refractivity contribution in [2.75, 3.05) is 6.54 Å². The molecule has 1 heterocycles. The van der Waals surface area contributed by atoms with Gasteiger partial charge in [-0.2, -0.15) is 0 Å². The number of H-pyrrole nitrogens is 1. The molecule has 2 rings (SSSR count). The predicted molar refractivity (Wildman–Crippen MR) is 64.3 cm³/mol. The van der Waals surface area contributed by atoms with Gasteiger partial charge in [0, 0.05) is 35.2 Å². The summed E-state index contributed by atoms with van der Waals surface area (Å²) in [5.74, 6) is -0.0804. The fraction of sp³-hybridized carbons (Fsp3) is 0.250. The molecule has 0 aliphatic carbocycles. The number of hydrogen-bond acceptors (Lipinski definition) is 2. The van der Waals surface area contributed by atoms with Crippen LogP contribution in [0.15, 0.2) is 30.5 Å². The number of hydrogen-bond donors (Lipinski definition) is 3. The molecule has 0 aliphatic rings. The molecular formula is C12H15N3O. The fourth-order valence-electron chi connectivity index (χ4n) is 1.64. The number of aromatic amines is 1. The molecule has 0 unspecified atom stereocenters. The summed E-state index contributed by atoms with van der Waals surface area (Å²) in [6.07, 6.45) is 1.83. The minimum Gasteiger partial charge on any atom is -0.361 e. The number of nitrogens with two attached hydrogens (primary N) is 1. The summed E-state index contributed by atoms with van der Waals surface area (Å²) in [4.78, 5) is 15.0. The summed E-state index contributed by atoms with van der Waals surface area (Å²) in [7, 11) is 0. The first-order valence-electron chi connectivity index (χ1n) is 5.29. The first kappa shape index (κ1) is 10.7. The molecule has 0 radical (unpaired) electrons. The van der Waals surface area contributed by atoms with E-state index in [-0.39, 0.29) is 11.9 Å². The van der Waals surface area contributed by atoms with Crippen molar-refractivity contribution in [2.45, 2.75) is 13.0 Å². The molecule has 1 aromatic heterocycles. The summed E-state index contributed by atoms with van der Waals surface area (Å²) >= 11 is 0. The highest BCUT2D eigenvalue weighted by molar-refractivity contribution is 6.06. The van der Waals surface area contributed by atoms with Crippen LogP contribution < -0.4 is 11.1 Å². The number of benzene rings is 1. The van der Waals surface area contributed by atoms with Crippen molar-refractivity contribution in [3.05, 3.63) is 36.0 Å². The van der Waals surface area contributed by atoms with Crippen molar-refractivity contribution in [1.29, 1.82) is 0 Å². The zero-order valence-corrected chi connectivity index (χ0v) is 9.16. The van der Waals surface area contributed by atoms with Gasteiger partial charge in [-0.05, 0) is 25.1 Å². The smallest absolute Gasteiger partial charge is 0.252 e. The molecule has 0 saturated carbocycles. The average molecular weight is 217 g/mol. The monoisotopic (exact) mass is 217 g/mol. The van der Waals surface area contributed by atoms with Gasteiger partial charge in [0.2, 0.25) is 0 Å². The highest BCUT2D eigenvalue weighted by atomic mass is 16.1. The zero-order valence-electron chi connectivity index (χ0n) is 9.16. The van der Waals surface area contributed by atoms with Crippen LogP contribution in [0.3, 0.4) is 0 Å². The van der Waals surface area contributed by atoms with Gasteiger partial charge in [-0.15, -0.1) is 0 Å². The Labute approximate surface area is 93.8 Å². The first-order chi connectivity index (χ1) is 7.72. The molecule has 0 saturated heterocycles. The molecule has 16 heavy (non-hydrogen) atoms. The highest BCUT2D eigenvalue weighted by Crippen LogP contribution is 2.17. The second kappa shape index (κ2) is 4.37. The van der Waals surface area contributed by atoms with E-state index in [1.807, 2.05) is 37.4 Å². The van der Waals surface area contributed by atoms with Crippen LogP contribution in [0.1, 0.15) is 17.3 Å². The van der Waals surface area contributed by atoms with Crippen molar-refractivity contribution in [1.82, 2.24) is 10.3 Å². The maximum atomic E-state index is 11.9. The van der Waals surface area contributed by atoms with Crippen LogP contribution >= 0.6 is 0 Å². The Balaban J connectivity index is 2.32. The highest BCUT2D eigenvalue weighted by Gasteiger charge is 2.11. The molecule has 4 N–H and O–H groups in total. The SMILES string of the molecule is C[C@H](CN)NC(=O)c1cccc2[nH]ccc12. The van der Waals surface area contributed by atoms with E-state index in [0.717, 1.165) is 10.9 Å². The van der Waals surface area contributed by atoms with E-state index in [9.17, 15) is 4.79 Å². The third kappa shape index (κ3) is 1.92. The number of nitrogens with one attached hydrogen (secondary N) is 2. The second-order valence-electron chi connectivity index (χ2n) is 3.85. The van der Waals surface area contributed by atoms with Gasteiger partial charge in [0.1, 0.15) is 0 Å². The predicted octanol–water partition coefficient (Wildman–Crippen LogP) is 1.24. The van der Waals surface area contributed by atoms with Gasteiger partial charge in [-0.3, -0.25) is 4.79 Å². The van der Waals surface area contributed by atoms with Crippen LogP contribution in [0.25, 0.3) is 10.9 Å². The molecule has 84 valence electrons. The molecule has 0 fully saturated rings. The molecule has 0 aliphatic heterocycles. The Kier molecular flexibility index (Phi) is 2.92. The van der Waals surface area contributed by atoms with Gasteiger partial charge in [-0.25, -0.2) is 0 Å². The van der Waals surface area contributed by atoms with E-state index in [0.29, 0.717) is 12.1 Å². The molecular weight excluding hydrogens is 202 g/mol. The van der Waals surface area contributed by atoms with Crippen molar-refractivity contribution in [2.24, 2.45) is 5.73 Å². The normalized spacial score (nSPS) is 12.6. The van der Waals surface area contributed by atoms with Crippen LogP contribution in [0, 0.1) is 0 Å². The Bertz CT molecular complexity index is 504. The zero-order chi connectivity index (χ0) is 11.5. The van der Waals surface area contributed by atoms with Crippen LogP contribution in [0.4, 0.5) is 0 Å². The lowest BCUT2D eigenvalue weighted by Crippen LogP contribution is -2.37. The van der Waals surface area contributed by atoms with Crippen LogP contribution in [0.5, 0.6) is 0 Å². The van der Waals surface area contributed by atoms with Gasteiger partial charge in [0.05, 0.1) is 0 Å². The molecule has 0 spiro atoms. The van der Waals surface area contributed by atoms with Crippen LogP contribution in [-0.2, 0) is 0 Å². The summed E-state index contributed by atoms with van der Waals surface area (Å²) in [5, 5.41) is 3.78. The minimum atomic E-state index is -0.0804. The van der Waals surface area contributed by atoms with Gasteiger partial charge in [-0.1, -0.05) is 6.07 Å². The van der Waals surface area contributed by atoms with Crippen molar-refractivity contribution >= 4 is 16.8 Å². The average Bonchev–Trinajstić information content (AvgIpc) is 2.76. The Morgan fingerprint density at radius 1 is 1.50 bits per heavy atom. The number of fused-ring (bicyclic) bond motifs is 1. The molecule has 1 aromatic carbocycles. The fourth-order valence-corrected chi connectivity index (χ4v) is 1.64. The van der Waals surface area contributed by atoms with Crippen molar-refractivity contribution in [3.8, 4) is 0 Å². The lowest BCUT2D eigenvalue weighted by molar-refractivity contribution is 0.0943. The molecule has 4 nitrogen and oxygen atoms in total. The largest absolute Gasteiger partial charge is 0.361 e. The number of amides is 1. The lowest BCUT2D eigenvalue weighted by atomic mass is 10.1. The third-order valence-corrected chi connectivity index (χ3v) is 2.57. The van der Waals surface area contributed by atoms with E-state index >= 15 is 0 Å². The maximum absolute atomic E-state index is 11.9. The first-order valence-corrected chi connectivity index (χ1v) is 5.29. The Hall–Kier alpha value is -1.81. The Morgan fingerprint density at radius 2 is 2.31 bits per heavy atom. The minimum absolute atomic E-state index is 0.0123. The molecule has 2 aromatic rings. The number of carbonyl (C=O) groups is 1. The summed E-state index contributed by atoms with van der Waals surface area (Å²) in [5.41, 5.74) is 7.12. The molecule has 0 bridgehead atoms. The van der Waals surface area contributed by atoms with Gasteiger partial charge in [0.15, 0.2) is 0 Å². The van der Waals surface area contributed by atoms with Crippen molar-refractivity contribution in [3.63, 3.8) is 0 Å². The van der Waals surface area contributed by atoms with E-state index in [1.165, 1.54) is 0 Å². The number of carbonyl (C=O) groups excluding carboxylic acids is 1. The quantitative estimate of drug-likeness (QED) is 0.724. The van der Waals surface area contributed by atoms with Crippen LogP contribution in [0.2, 0.25) is 0 Å². The topological polar surface area (TPSA) is 70.9 Å². The standard InChI is InChI=1S/C12H15N3O/c1-8(7-13)15-12(16)10-3-2-4-11-9(10)5-6-14-11/h2-6,8,14H,7,13H2,1H3,(H,15,16)/t8-/m1/s1. The summed E-state index contributed by atoms with van der Waals surface area (Å²) in [6, 6.07) is 7.51. The molecule has 1 amide bonds. The van der Waals surface area contributed by atoms with E-state index in [1.54, 1.807) is 0 Å². The maximum Gasteiger partial charge on any atom is 0.252 e. The summed E-state index contributed by atoms with van der Waals surface area (Å²) in [6.45, 7) is 2.32. The Morgan fingerprint density at radius 3 is 3.06 bits per heavy atom. The lowest BCUT2D eigenvalue weighted by Gasteiger charge is -2.11. The van der Waals surface area contributed by atoms with Gasteiger partial charge >= 0.3 is 0 Å².